The highest BCUT2D eigenvalue weighted by atomic mass is 32.2. The lowest BCUT2D eigenvalue weighted by Crippen LogP contribution is -2.47. The summed E-state index contributed by atoms with van der Waals surface area (Å²) in [5, 5.41) is 6.05. The molecule has 1 aliphatic carbocycles. The van der Waals surface area contributed by atoms with Crippen molar-refractivity contribution >= 4 is 26.9 Å². The van der Waals surface area contributed by atoms with E-state index < -0.39 is 10.0 Å². The van der Waals surface area contributed by atoms with E-state index in [-0.39, 0.29) is 5.75 Å². The van der Waals surface area contributed by atoms with Crippen LogP contribution in [-0.2, 0) is 16.4 Å². The van der Waals surface area contributed by atoms with Crippen LogP contribution in [0.2, 0.25) is 0 Å². The van der Waals surface area contributed by atoms with Crippen LogP contribution in [0.3, 0.4) is 0 Å². The first-order valence-electron chi connectivity index (χ1n) is 11.9. The minimum absolute atomic E-state index is 0.0831. The predicted octanol–water partition coefficient (Wildman–Crippen LogP) is 1.71. The maximum absolute atomic E-state index is 11.4. The summed E-state index contributed by atoms with van der Waals surface area (Å²) >= 11 is 0. The number of aromatic nitrogens is 3. The molecular formula is C24H33N7O2S. The first kappa shape index (κ1) is 23.2. The lowest BCUT2D eigenvalue weighted by Gasteiger charge is -2.41. The van der Waals surface area contributed by atoms with E-state index in [1.807, 2.05) is 24.3 Å². The number of fused-ring (bicyclic) bond motifs is 1. The van der Waals surface area contributed by atoms with Gasteiger partial charge in [-0.15, -0.1) is 0 Å². The number of piperazine rings is 1. The van der Waals surface area contributed by atoms with Gasteiger partial charge in [0.05, 0.1) is 11.1 Å². The molecule has 3 aromatic rings. The van der Waals surface area contributed by atoms with E-state index in [2.05, 4.69) is 37.6 Å². The Morgan fingerprint density at radius 3 is 2.62 bits per heavy atom. The van der Waals surface area contributed by atoms with Gasteiger partial charge in [0.1, 0.15) is 17.8 Å². The fraction of sp³-hybridized carbons (Fsp3) is 0.500. The Morgan fingerprint density at radius 2 is 1.88 bits per heavy atom. The smallest absolute Gasteiger partial charge is 0.209 e. The molecule has 1 aromatic carbocycles. The topological polar surface area (TPSA) is 123 Å². The Bertz CT molecular complexity index is 1280. The van der Waals surface area contributed by atoms with Crippen molar-refractivity contribution < 1.29 is 8.42 Å². The zero-order valence-corrected chi connectivity index (χ0v) is 20.4. The first-order chi connectivity index (χ1) is 16.3. The zero-order chi connectivity index (χ0) is 23.9. The number of likely N-dealkylation sites (N-methyl/N-ethyl adjacent to an activating group) is 1. The highest BCUT2D eigenvalue weighted by Crippen LogP contribution is 2.43. The third kappa shape index (κ3) is 4.95. The number of aryl methyl sites for hydroxylation is 1. The summed E-state index contributed by atoms with van der Waals surface area (Å²) in [5.41, 5.74) is 10.0. The van der Waals surface area contributed by atoms with Gasteiger partial charge in [0, 0.05) is 50.5 Å². The second-order valence-electron chi connectivity index (χ2n) is 9.82. The van der Waals surface area contributed by atoms with Crippen LogP contribution in [0.15, 0.2) is 36.8 Å². The number of nitrogen functional groups attached to an aromatic ring is 1. The third-order valence-corrected chi connectivity index (χ3v) is 8.04. The standard InChI is InChI=1S/C24H33N7O2S/c1-29-6-8-30(9-7-29)14-18-12-20(13-18)31-15-21(22-23(25)27-16-28-24(22)31)19-4-2-3-17(11-19)5-10-34(26,32)33/h2-4,11,15-16,18,20H,5-10,12-14H2,1H3,(H2,25,27,28)(H2,26,32,33)/t18-,20+. The molecule has 182 valence electrons. The van der Waals surface area contributed by atoms with Crippen molar-refractivity contribution in [3.8, 4) is 11.1 Å². The van der Waals surface area contributed by atoms with Crippen LogP contribution in [0.1, 0.15) is 24.4 Å². The molecular weight excluding hydrogens is 450 g/mol. The Kier molecular flexibility index (Phi) is 6.32. The first-order valence-corrected chi connectivity index (χ1v) is 13.6. The molecule has 0 atom stereocenters. The summed E-state index contributed by atoms with van der Waals surface area (Å²) in [6.45, 7) is 5.77. The highest BCUT2D eigenvalue weighted by Gasteiger charge is 2.34. The van der Waals surface area contributed by atoms with E-state index in [9.17, 15) is 8.42 Å². The number of hydrogen-bond acceptors (Lipinski definition) is 7. The number of benzene rings is 1. The van der Waals surface area contributed by atoms with Crippen molar-refractivity contribution in [3.05, 3.63) is 42.4 Å². The van der Waals surface area contributed by atoms with Crippen LogP contribution in [0, 0.1) is 5.92 Å². The molecule has 1 saturated carbocycles. The Balaban J connectivity index is 1.37. The summed E-state index contributed by atoms with van der Waals surface area (Å²) in [6, 6.07) is 8.28. The van der Waals surface area contributed by atoms with Crippen molar-refractivity contribution in [2.75, 3.05) is 51.3 Å². The minimum atomic E-state index is -3.51. The number of rotatable bonds is 7. The van der Waals surface area contributed by atoms with Crippen LogP contribution < -0.4 is 10.9 Å². The number of anilines is 1. The fourth-order valence-electron chi connectivity index (χ4n) is 5.23. The number of nitrogens with two attached hydrogens (primary N) is 2. The number of sulfonamides is 1. The molecule has 0 spiro atoms. The molecule has 10 heteroatoms. The normalized spacial score (nSPS) is 22.2. The quantitative estimate of drug-likeness (QED) is 0.524. The van der Waals surface area contributed by atoms with Gasteiger partial charge in [-0.05, 0) is 43.4 Å². The molecule has 2 aromatic heterocycles. The maximum atomic E-state index is 11.4. The number of nitrogens with zero attached hydrogens (tertiary/aromatic N) is 5. The Labute approximate surface area is 200 Å². The van der Waals surface area contributed by atoms with Gasteiger partial charge in [0.2, 0.25) is 10.0 Å². The zero-order valence-electron chi connectivity index (χ0n) is 19.6. The molecule has 1 aliphatic heterocycles. The van der Waals surface area contributed by atoms with E-state index in [0.717, 1.165) is 66.7 Å². The molecule has 0 amide bonds. The second kappa shape index (κ2) is 9.26. The summed E-state index contributed by atoms with van der Waals surface area (Å²) in [5.74, 6) is 1.08. The minimum Gasteiger partial charge on any atom is -0.383 e. The molecule has 9 nitrogen and oxygen atoms in total. The SMILES string of the molecule is CN1CCN(C[C@H]2C[C@@H](n3cc(-c4cccc(CCS(N)(=O)=O)c4)c4c(N)ncnc43)C2)CC1. The molecule has 34 heavy (non-hydrogen) atoms. The third-order valence-electron chi connectivity index (χ3n) is 7.27. The summed E-state index contributed by atoms with van der Waals surface area (Å²) in [7, 11) is -1.32. The van der Waals surface area contributed by atoms with E-state index in [4.69, 9.17) is 10.9 Å². The van der Waals surface area contributed by atoms with Gasteiger partial charge in [-0.1, -0.05) is 24.3 Å². The van der Waals surface area contributed by atoms with E-state index in [1.165, 1.54) is 12.9 Å². The molecule has 4 N–H and O–H groups in total. The van der Waals surface area contributed by atoms with Gasteiger partial charge in [-0.25, -0.2) is 23.5 Å². The Hall–Kier alpha value is -2.53. The van der Waals surface area contributed by atoms with Gasteiger partial charge >= 0.3 is 0 Å². The van der Waals surface area contributed by atoms with Crippen LogP contribution in [0.5, 0.6) is 0 Å². The van der Waals surface area contributed by atoms with Crippen molar-refractivity contribution in [2.45, 2.75) is 25.3 Å². The van der Waals surface area contributed by atoms with E-state index >= 15 is 0 Å². The van der Waals surface area contributed by atoms with Crippen molar-refractivity contribution in [2.24, 2.45) is 11.1 Å². The van der Waals surface area contributed by atoms with Gasteiger partial charge in [-0.3, -0.25) is 0 Å². The fourth-order valence-corrected chi connectivity index (χ4v) is 5.75. The van der Waals surface area contributed by atoms with Crippen molar-refractivity contribution in [1.29, 1.82) is 0 Å². The van der Waals surface area contributed by atoms with Gasteiger partial charge < -0.3 is 20.1 Å². The Morgan fingerprint density at radius 1 is 1.12 bits per heavy atom. The average Bonchev–Trinajstić information content (AvgIpc) is 3.16. The molecule has 2 fully saturated rings. The van der Waals surface area contributed by atoms with Crippen LogP contribution in [-0.4, -0.2) is 78.3 Å². The van der Waals surface area contributed by atoms with E-state index in [0.29, 0.717) is 24.2 Å². The van der Waals surface area contributed by atoms with Crippen molar-refractivity contribution in [3.63, 3.8) is 0 Å². The predicted molar refractivity (Wildman–Crippen MR) is 135 cm³/mol. The largest absolute Gasteiger partial charge is 0.383 e. The van der Waals surface area contributed by atoms with Gasteiger partial charge in [-0.2, -0.15) is 0 Å². The lowest BCUT2D eigenvalue weighted by atomic mass is 9.79. The highest BCUT2D eigenvalue weighted by molar-refractivity contribution is 7.89. The van der Waals surface area contributed by atoms with Crippen LogP contribution in [0.25, 0.3) is 22.2 Å². The van der Waals surface area contributed by atoms with Gasteiger partial charge in [0.25, 0.3) is 0 Å². The average molecular weight is 484 g/mol. The van der Waals surface area contributed by atoms with Gasteiger partial charge in [0.15, 0.2) is 0 Å². The monoisotopic (exact) mass is 483 g/mol. The molecule has 0 radical (unpaired) electrons. The lowest BCUT2D eigenvalue weighted by molar-refractivity contribution is 0.0920. The number of primary sulfonamides is 1. The molecule has 0 unspecified atom stereocenters. The summed E-state index contributed by atoms with van der Waals surface area (Å²) in [6.07, 6.45) is 6.31. The second-order valence-corrected chi connectivity index (χ2v) is 11.6. The summed E-state index contributed by atoms with van der Waals surface area (Å²) < 4.78 is 25.1. The maximum Gasteiger partial charge on any atom is 0.209 e. The van der Waals surface area contributed by atoms with Crippen molar-refractivity contribution in [1.82, 2.24) is 24.3 Å². The van der Waals surface area contributed by atoms with E-state index in [1.54, 1.807) is 0 Å². The molecule has 5 rings (SSSR count). The molecule has 2 aliphatic rings. The molecule has 0 bridgehead atoms. The van der Waals surface area contributed by atoms with Crippen LogP contribution in [0.4, 0.5) is 5.82 Å². The molecule has 3 heterocycles. The molecule has 1 saturated heterocycles. The number of hydrogen-bond donors (Lipinski definition) is 2. The van der Waals surface area contributed by atoms with Crippen LogP contribution >= 0.6 is 0 Å². The summed E-state index contributed by atoms with van der Waals surface area (Å²) in [4.78, 5) is 13.8.